The zero-order valence-electron chi connectivity index (χ0n) is 15.3. The van der Waals surface area contributed by atoms with Gasteiger partial charge in [-0.1, -0.05) is 12.1 Å². The first kappa shape index (κ1) is 18.2. The molecule has 0 aliphatic rings. The highest BCUT2D eigenvalue weighted by atomic mass is 16.2. The van der Waals surface area contributed by atoms with Crippen molar-refractivity contribution >= 4 is 23.1 Å². The van der Waals surface area contributed by atoms with Crippen molar-refractivity contribution in [3.05, 3.63) is 83.6 Å². The fraction of sp³-hybridized carbons (Fsp3) is 0.136. The van der Waals surface area contributed by atoms with Crippen molar-refractivity contribution in [2.75, 3.05) is 16.8 Å². The van der Waals surface area contributed by atoms with Gasteiger partial charge in [0.05, 0.1) is 11.6 Å². The normalized spacial score (nSPS) is 10.1. The molecule has 3 rings (SSSR count). The van der Waals surface area contributed by atoms with Gasteiger partial charge in [0, 0.05) is 29.7 Å². The average Bonchev–Trinajstić information content (AvgIpc) is 2.69. The van der Waals surface area contributed by atoms with E-state index in [0.717, 1.165) is 16.9 Å². The summed E-state index contributed by atoms with van der Waals surface area (Å²) in [6, 6.07) is 20.5. The van der Waals surface area contributed by atoms with Crippen LogP contribution >= 0.6 is 0 Å². The third-order valence-electron chi connectivity index (χ3n) is 4.17. The molecule has 0 aliphatic heterocycles. The van der Waals surface area contributed by atoms with Crippen LogP contribution in [0.3, 0.4) is 0 Å². The molecular formula is C22H20N4O. The molecule has 0 spiro atoms. The summed E-state index contributed by atoms with van der Waals surface area (Å²) < 4.78 is 0. The molecule has 27 heavy (non-hydrogen) atoms. The number of hydrogen-bond acceptors (Lipinski definition) is 4. The number of benzene rings is 2. The predicted octanol–water partition coefficient (Wildman–Crippen LogP) is 4.67. The van der Waals surface area contributed by atoms with Crippen LogP contribution in [-0.4, -0.2) is 17.4 Å². The quantitative estimate of drug-likeness (QED) is 0.721. The third kappa shape index (κ3) is 4.31. The van der Waals surface area contributed by atoms with E-state index in [4.69, 9.17) is 5.26 Å². The Balaban J connectivity index is 1.83. The first-order chi connectivity index (χ1) is 13.1. The number of carbonyl (C=O) groups is 1. The lowest BCUT2D eigenvalue weighted by atomic mass is 10.1. The molecular weight excluding hydrogens is 336 g/mol. The van der Waals surface area contributed by atoms with Crippen molar-refractivity contribution in [3.8, 4) is 6.07 Å². The zero-order valence-corrected chi connectivity index (χ0v) is 15.3. The number of carbonyl (C=O) groups excluding carboxylic acids is 1. The molecule has 0 aliphatic carbocycles. The fourth-order valence-corrected chi connectivity index (χ4v) is 2.80. The standard InChI is InChI=1S/C22H20N4O/c1-3-26(20-6-4-5-16(2)13-20)22(27)18-11-12-24-21(14-18)25-19-9-7-17(15-23)8-10-19/h4-14H,3H2,1-2H3,(H,24,25). The summed E-state index contributed by atoms with van der Waals surface area (Å²) in [5.74, 6) is 0.499. The van der Waals surface area contributed by atoms with Gasteiger partial charge in [-0.2, -0.15) is 5.26 Å². The van der Waals surface area contributed by atoms with Crippen LogP contribution < -0.4 is 10.2 Å². The molecule has 1 aromatic heterocycles. The molecule has 1 heterocycles. The van der Waals surface area contributed by atoms with E-state index >= 15 is 0 Å². The summed E-state index contributed by atoms with van der Waals surface area (Å²) >= 11 is 0. The lowest BCUT2D eigenvalue weighted by Crippen LogP contribution is -2.30. The second-order valence-corrected chi connectivity index (χ2v) is 6.13. The molecule has 0 bridgehead atoms. The molecule has 0 saturated heterocycles. The molecule has 0 unspecified atom stereocenters. The molecule has 0 atom stereocenters. The minimum atomic E-state index is -0.0756. The minimum Gasteiger partial charge on any atom is -0.340 e. The number of nitriles is 1. The van der Waals surface area contributed by atoms with Crippen LogP contribution in [0.1, 0.15) is 28.4 Å². The van der Waals surface area contributed by atoms with E-state index in [9.17, 15) is 4.79 Å². The van der Waals surface area contributed by atoms with Gasteiger partial charge in [-0.15, -0.1) is 0 Å². The largest absolute Gasteiger partial charge is 0.340 e. The molecule has 0 fully saturated rings. The maximum absolute atomic E-state index is 13.0. The Morgan fingerprint density at radius 3 is 2.59 bits per heavy atom. The number of aromatic nitrogens is 1. The van der Waals surface area contributed by atoms with Crippen LogP contribution in [0.25, 0.3) is 0 Å². The molecule has 1 N–H and O–H groups in total. The number of amides is 1. The smallest absolute Gasteiger partial charge is 0.258 e. The summed E-state index contributed by atoms with van der Waals surface area (Å²) in [6.07, 6.45) is 1.61. The molecule has 2 aromatic carbocycles. The topological polar surface area (TPSA) is 69.0 Å². The van der Waals surface area contributed by atoms with E-state index in [0.29, 0.717) is 23.5 Å². The van der Waals surface area contributed by atoms with Crippen LogP contribution in [0.2, 0.25) is 0 Å². The Kier molecular flexibility index (Phi) is 5.48. The first-order valence-corrected chi connectivity index (χ1v) is 8.72. The predicted molar refractivity (Wildman–Crippen MR) is 107 cm³/mol. The molecule has 5 heteroatoms. The van der Waals surface area contributed by atoms with Gasteiger partial charge in [-0.3, -0.25) is 4.79 Å². The van der Waals surface area contributed by atoms with Gasteiger partial charge in [-0.05, 0) is 67.9 Å². The van der Waals surface area contributed by atoms with Crippen LogP contribution in [0.5, 0.6) is 0 Å². The summed E-state index contributed by atoms with van der Waals surface area (Å²) in [4.78, 5) is 19.0. The highest BCUT2D eigenvalue weighted by molar-refractivity contribution is 6.06. The van der Waals surface area contributed by atoms with Crippen LogP contribution in [0, 0.1) is 18.3 Å². The van der Waals surface area contributed by atoms with E-state index in [1.165, 1.54) is 0 Å². The van der Waals surface area contributed by atoms with Crippen molar-refractivity contribution in [3.63, 3.8) is 0 Å². The SMILES string of the molecule is CCN(C(=O)c1ccnc(Nc2ccc(C#N)cc2)c1)c1cccc(C)c1. The summed E-state index contributed by atoms with van der Waals surface area (Å²) in [6.45, 7) is 4.54. The Labute approximate surface area is 158 Å². The van der Waals surface area contributed by atoms with E-state index < -0.39 is 0 Å². The van der Waals surface area contributed by atoms with E-state index in [-0.39, 0.29) is 5.91 Å². The zero-order chi connectivity index (χ0) is 19.2. The number of rotatable bonds is 5. The minimum absolute atomic E-state index is 0.0756. The van der Waals surface area contributed by atoms with Gasteiger partial charge in [0.2, 0.25) is 0 Å². The van der Waals surface area contributed by atoms with Gasteiger partial charge in [0.15, 0.2) is 0 Å². The second-order valence-electron chi connectivity index (χ2n) is 6.13. The Morgan fingerprint density at radius 1 is 1.15 bits per heavy atom. The number of nitrogens with zero attached hydrogens (tertiary/aromatic N) is 3. The summed E-state index contributed by atoms with van der Waals surface area (Å²) in [5.41, 5.74) is 3.94. The molecule has 1 amide bonds. The van der Waals surface area contributed by atoms with Crippen LogP contribution in [0.4, 0.5) is 17.2 Å². The first-order valence-electron chi connectivity index (χ1n) is 8.72. The van der Waals surface area contributed by atoms with Crippen molar-refractivity contribution in [2.24, 2.45) is 0 Å². The average molecular weight is 356 g/mol. The second kappa shape index (κ2) is 8.15. The lowest BCUT2D eigenvalue weighted by molar-refractivity contribution is 0.0988. The molecule has 134 valence electrons. The molecule has 0 radical (unpaired) electrons. The number of nitrogens with one attached hydrogen (secondary N) is 1. The maximum atomic E-state index is 13.0. The summed E-state index contributed by atoms with van der Waals surface area (Å²) in [5, 5.41) is 12.0. The monoisotopic (exact) mass is 356 g/mol. The number of aryl methyl sites for hydroxylation is 1. The molecule has 5 nitrogen and oxygen atoms in total. The van der Waals surface area contributed by atoms with Gasteiger partial charge >= 0.3 is 0 Å². The summed E-state index contributed by atoms with van der Waals surface area (Å²) in [7, 11) is 0. The maximum Gasteiger partial charge on any atom is 0.258 e. The van der Waals surface area contributed by atoms with Crippen LogP contribution in [-0.2, 0) is 0 Å². The Hall–Kier alpha value is -3.65. The van der Waals surface area contributed by atoms with E-state index in [1.54, 1.807) is 47.5 Å². The molecule has 0 saturated carbocycles. The van der Waals surface area contributed by atoms with Gasteiger partial charge in [-0.25, -0.2) is 4.98 Å². The Bertz CT molecular complexity index is 990. The van der Waals surface area contributed by atoms with Gasteiger partial charge < -0.3 is 10.2 Å². The van der Waals surface area contributed by atoms with Crippen LogP contribution in [0.15, 0.2) is 66.9 Å². The fourth-order valence-electron chi connectivity index (χ4n) is 2.80. The highest BCUT2D eigenvalue weighted by Gasteiger charge is 2.17. The molecule has 3 aromatic rings. The van der Waals surface area contributed by atoms with Crippen molar-refractivity contribution in [1.82, 2.24) is 4.98 Å². The number of hydrogen-bond donors (Lipinski definition) is 1. The lowest BCUT2D eigenvalue weighted by Gasteiger charge is -2.21. The van der Waals surface area contributed by atoms with Crippen molar-refractivity contribution in [1.29, 1.82) is 5.26 Å². The van der Waals surface area contributed by atoms with Gasteiger partial charge in [0.1, 0.15) is 5.82 Å². The highest BCUT2D eigenvalue weighted by Crippen LogP contribution is 2.21. The Morgan fingerprint density at radius 2 is 1.93 bits per heavy atom. The number of pyridine rings is 1. The third-order valence-corrected chi connectivity index (χ3v) is 4.17. The van der Waals surface area contributed by atoms with Crippen molar-refractivity contribution in [2.45, 2.75) is 13.8 Å². The van der Waals surface area contributed by atoms with E-state index in [2.05, 4.69) is 16.4 Å². The van der Waals surface area contributed by atoms with Crippen molar-refractivity contribution < 1.29 is 4.79 Å². The van der Waals surface area contributed by atoms with Gasteiger partial charge in [0.25, 0.3) is 5.91 Å². The van der Waals surface area contributed by atoms with E-state index in [1.807, 2.05) is 38.1 Å². The number of anilines is 3.